The minimum Gasteiger partial charge on any atom is -0.494 e. The molecule has 36 heavy (non-hydrogen) atoms. The van der Waals surface area contributed by atoms with Crippen molar-refractivity contribution in [3.63, 3.8) is 0 Å². The van der Waals surface area contributed by atoms with Crippen LogP contribution in [0.25, 0.3) is 11.3 Å². The average Bonchev–Trinajstić information content (AvgIpc) is 3.35. The van der Waals surface area contributed by atoms with Crippen molar-refractivity contribution in [2.45, 2.75) is 32.9 Å². The molecule has 0 spiro atoms. The Morgan fingerprint density at radius 2 is 1.83 bits per heavy atom. The number of hydrogen-bond acceptors (Lipinski definition) is 5. The number of nitrogen functional groups attached to an aromatic ring is 1. The number of hydrogen-bond donors (Lipinski definition) is 4. The molecule has 0 aliphatic carbocycles. The van der Waals surface area contributed by atoms with Gasteiger partial charge >= 0.3 is 0 Å². The molecule has 0 aliphatic rings. The quantitative estimate of drug-likeness (QED) is 0.165. The van der Waals surface area contributed by atoms with Gasteiger partial charge in [0.15, 0.2) is 11.6 Å². The van der Waals surface area contributed by atoms with E-state index in [0.717, 1.165) is 11.3 Å². The molecule has 4 rings (SSSR count). The van der Waals surface area contributed by atoms with E-state index in [0.29, 0.717) is 35.0 Å². The van der Waals surface area contributed by atoms with Gasteiger partial charge in [0.2, 0.25) is 0 Å². The first-order valence-electron chi connectivity index (χ1n) is 11.8. The lowest BCUT2D eigenvalue weighted by atomic mass is 10.0. The van der Waals surface area contributed by atoms with Crippen LogP contribution in [0.2, 0.25) is 0 Å². The SMILES string of the molecule is CCOc1cc(OC(C)C)c(F)c([C@@H](Nc2ccc(C(=N)N)cc2)c2ncc(-c3ccccc3)[nH]2)c1. The number of nitrogens with two attached hydrogens (primary N) is 1. The molecule has 1 atom stereocenters. The Labute approximate surface area is 210 Å². The van der Waals surface area contributed by atoms with Crippen LogP contribution in [0.5, 0.6) is 11.5 Å². The zero-order valence-electron chi connectivity index (χ0n) is 20.5. The Morgan fingerprint density at radius 3 is 2.47 bits per heavy atom. The van der Waals surface area contributed by atoms with E-state index >= 15 is 4.39 Å². The summed E-state index contributed by atoms with van der Waals surface area (Å²) < 4.78 is 27.4. The lowest BCUT2D eigenvalue weighted by Crippen LogP contribution is -2.18. The van der Waals surface area contributed by atoms with Gasteiger partial charge in [-0.3, -0.25) is 5.41 Å². The number of imidazole rings is 1. The van der Waals surface area contributed by atoms with E-state index in [4.69, 9.17) is 20.6 Å². The zero-order valence-corrected chi connectivity index (χ0v) is 20.5. The molecule has 0 bridgehead atoms. The molecule has 7 nitrogen and oxygen atoms in total. The Morgan fingerprint density at radius 1 is 1.11 bits per heavy atom. The van der Waals surface area contributed by atoms with Crippen molar-refractivity contribution in [3.8, 4) is 22.8 Å². The Hall–Kier alpha value is -4.33. The largest absolute Gasteiger partial charge is 0.494 e. The van der Waals surface area contributed by atoms with Crippen molar-refractivity contribution in [1.82, 2.24) is 9.97 Å². The molecule has 1 heterocycles. The Bertz CT molecular complexity index is 1320. The predicted octanol–water partition coefficient (Wildman–Crippen LogP) is 5.89. The lowest BCUT2D eigenvalue weighted by Gasteiger charge is -2.22. The molecule has 0 saturated heterocycles. The van der Waals surface area contributed by atoms with Crippen molar-refractivity contribution in [1.29, 1.82) is 5.41 Å². The van der Waals surface area contributed by atoms with Crippen LogP contribution < -0.4 is 20.5 Å². The van der Waals surface area contributed by atoms with E-state index in [1.165, 1.54) is 0 Å². The highest BCUT2D eigenvalue weighted by molar-refractivity contribution is 5.95. The normalized spacial score (nSPS) is 11.8. The monoisotopic (exact) mass is 487 g/mol. The summed E-state index contributed by atoms with van der Waals surface area (Å²) in [5, 5.41) is 11.0. The summed E-state index contributed by atoms with van der Waals surface area (Å²) in [6.45, 7) is 5.99. The number of benzene rings is 3. The Balaban J connectivity index is 1.81. The molecular weight excluding hydrogens is 457 g/mol. The van der Waals surface area contributed by atoms with E-state index in [-0.39, 0.29) is 17.7 Å². The van der Waals surface area contributed by atoms with Crippen LogP contribution >= 0.6 is 0 Å². The molecule has 3 aromatic carbocycles. The summed E-state index contributed by atoms with van der Waals surface area (Å²) >= 11 is 0. The van der Waals surface area contributed by atoms with Crippen LogP contribution in [0, 0.1) is 11.2 Å². The molecule has 186 valence electrons. The van der Waals surface area contributed by atoms with Gasteiger partial charge in [-0.25, -0.2) is 9.37 Å². The second-order valence-electron chi connectivity index (χ2n) is 8.54. The molecule has 0 fully saturated rings. The fraction of sp³-hybridized carbons (Fsp3) is 0.214. The number of anilines is 1. The highest BCUT2D eigenvalue weighted by Crippen LogP contribution is 2.36. The molecular formula is C28H30FN5O2. The van der Waals surface area contributed by atoms with Crippen molar-refractivity contribution in [3.05, 3.63) is 95.7 Å². The van der Waals surface area contributed by atoms with Crippen LogP contribution in [-0.2, 0) is 0 Å². The van der Waals surface area contributed by atoms with Crippen molar-refractivity contribution >= 4 is 11.5 Å². The summed E-state index contributed by atoms with van der Waals surface area (Å²) in [5.74, 6) is 0.607. The minimum atomic E-state index is -0.694. The second-order valence-corrected chi connectivity index (χ2v) is 8.54. The number of aromatic amines is 1. The van der Waals surface area contributed by atoms with Crippen molar-refractivity contribution < 1.29 is 13.9 Å². The van der Waals surface area contributed by atoms with Crippen LogP contribution in [0.15, 0.2) is 72.9 Å². The topological polar surface area (TPSA) is 109 Å². The molecule has 0 saturated carbocycles. The number of aromatic nitrogens is 2. The lowest BCUT2D eigenvalue weighted by molar-refractivity contribution is 0.228. The average molecular weight is 488 g/mol. The van der Waals surface area contributed by atoms with Crippen LogP contribution in [0.3, 0.4) is 0 Å². The number of amidine groups is 1. The van der Waals surface area contributed by atoms with Crippen LogP contribution in [-0.4, -0.2) is 28.5 Å². The molecule has 0 unspecified atom stereocenters. The minimum absolute atomic E-state index is 0.0254. The summed E-state index contributed by atoms with van der Waals surface area (Å²) in [7, 11) is 0. The van der Waals surface area contributed by atoms with Gasteiger partial charge in [-0.1, -0.05) is 30.3 Å². The Kier molecular flexibility index (Phi) is 7.53. The van der Waals surface area contributed by atoms with Gasteiger partial charge < -0.3 is 25.5 Å². The van der Waals surface area contributed by atoms with Gasteiger partial charge in [0, 0.05) is 22.9 Å². The third-order valence-corrected chi connectivity index (χ3v) is 5.49. The van der Waals surface area contributed by atoms with Gasteiger partial charge in [-0.15, -0.1) is 0 Å². The third-order valence-electron chi connectivity index (χ3n) is 5.49. The maximum Gasteiger partial charge on any atom is 0.171 e. The molecule has 0 amide bonds. The zero-order chi connectivity index (χ0) is 25.7. The van der Waals surface area contributed by atoms with Gasteiger partial charge in [0.1, 0.15) is 23.5 Å². The maximum atomic E-state index is 15.9. The number of nitrogens with one attached hydrogen (secondary N) is 3. The fourth-order valence-electron chi connectivity index (χ4n) is 3.85. The number of rotatable bonds is 10. The number of ether oxygens (including phenoxy) is 2. The van der Waals surface area contributed by atoms with Gasteiger partial charge in [0.25, 0.3) is 0 Å². The van der Waals surface area contributed by atoms with E-state index in [1.807, 2.05) is 51.1 Å². The highest BCUT2D eigenvalue weighted by atomic mass is 19.1. The first-order chi connectivity index (χ1) is 17.4. The van der Waals surface area contributed by atoms with Crippen LogP contribution in [0.4, 0.5) is 10.1 Å². The standard InChI is InChI=1S/C28H30FN5O2/c1-4-35-21-14-22(25(29)24(15-21)36-17(2)3)26(33-20-12-10-19(11-13-20)27(30)31)28-32-16-23(34-28)18-8-6-5-7-9-18/h5-17,26,33H,4H2,1-3H3,(H3,30,31)(H,32,34)/t26-/m1/s1. The molecule has 8 heteroatoms. The fourth-order valence-corrected chi connectivity index (χ4v) is 3.85. The van der Waals surface area contributed by atoms with Gasteiger partial charge in [-0.05, 0) is 56.7 Å². The second kappa shape index (κ2) is 10.9. The van der Waals surface area contributed by atoms with E-state index < -0.39 is 11.9 Å². The molecule has 0 radical (unpaired) electrons. The van der Waals surface area contributed by atoms with E-state index in [9.17, 15) is 0 Å². The first-order valence-corrected chi connectivity index (χ1v) is 11.8. The van der Waals surface area contributed by atoms with E-state index in [1.54, 1.807) is 42.6 Å². The van der Waals surface area contributed by atoms with Crippen LogP contribution in [0.1, 0.15) is 43.8 Å². The third kappa shape index (κ3) is 5.66. The summed E-state index contributed by atoms with van der Waals surface area (Å²) in [4.78, 5) is 7.94. The summed E-state index contributed by atoms with van der Waals surface area (Å²) in [5.41, 5.74) is 8.99. The predicted molar refractivity (Wildman–Crippen MR) is 140 cm³/mol. The number of halogens is 1. The maximum absolute atomic E-state index is 15.9. The molecule has 4 aromatic rings. The highest BCUT2D eigenvalue weighted by Gasteiger charge is 2.26. The molecule has 5 N–H and O–H groups in total. The van der Waals surface area contributed by atoms with E-state index in [2.05, 4.69) is 15.3 Å². The molecule has 1 aromatic heterocycles. The van der Waals surface area contributed by atoms with Crippen molar-refractivity contribution in [2.24, 2.45) is 5.73 Å². The van der Waals surface area contributed by atoms with Crippen molar-refractivity contribution in [2.75, 3.05) is 11.9 Å². The first kappa shape index (κ1) is 24.8. The van der Waals surface area contributed by atoms with Gasteiger partial charge in [0.05, 0.1) is 24.6 Å². The molecule has 0 aliphatic heterocycles. The summed E-state index contributed by atoms with van der Waals surface area (Å²) in [6.07, 6.45) is 1.51. The summed E-state index contributed by atoms with van der Waals surface area (Å²) in [6, 6.07) is 19.4. The smallest absolute Gasteiger partial charge is 0.171 e. The number of nitrogens with zero attached hydrogens (tertiary/aromatic N) is 1. The van der Waals surface area contributed by atoms with Gasteiger partial charge in [-0.2, -0.15) is 0 Å². The number of H-pyrrole nitrogens is 1.